The van der Waals surface area contributed by atoms with Crippen molar-refractivity contribution in [3.63, 3.8) is 0 Å². The predicted molar refractivity (Wildman–Crippen MR) is 76.7 cm³/mol. The molecule has 5 nitrogen and oxygen atoms in total. The SMILES string of the molecule is O=C(O)CCCN(CCC(=O)O)CCC1=CCCCC1. The summed E-state index contributed by atoms with van der Waals surface area (Å²) in [6.45, 7) is 1.99. The van der Waals surface area contributed by atoms with Gasteiger partial charge in [0.1, 0.15) is 0 Å². The number of aliphatic carboxylic acids is 2. The van der Waals surface area contributed by atoms with Crippen molar-refractivity contribution in [1.29, 1.82) is 0 Å². The van der Waals surface area contributed by atoms with Crippen molar-refractivity contribution in [1.82, 2.24) is 4.90 Å². The number of hydrogen-bond acceptors (Lipinski definition) is 3. The summed E-state index contributed by atoms with van der Waals surface area (Å²) in [5.74, 6) is -1.59. The number of carbonyl (C=O) groups is 2. The van der Waals surface area contributed by atoms with Crippen molar-refractivity contribution < 1.29 is 19.8 Å². The van der Waals surface area contributed by atoms with E-state index < -0.39 is 11.9 Å². The molecule has 0 unspecified atom stereocenters. The van der Waals surface area contributed by atoms with Gasteiger partial charge in [-0.2, -0.15) is 0 Å². The van der Waals surface area contributed by atoms with E-state index in [2.05, 4.69) is 11.0 Å². The third-order valence-electron chi connectivity index (χ3n) is 3.64. The Morgan fingerprint density at radius 2 is 1.80 bits per heavy atom. The summed E-state index contributed by atoms with van der Waals surface area (Å²) >= 11 is 0. The van der Waals surface area contributed by atoms with Crippen molar-refractivity contribution in [2.24, 2.45) is 0 Å². The van der Waals surface area contributed by atoms with Crippen LogP contribution in [0.4, 0.5) is 0 Å². The fourth-order valence-electron chi connectivity index (χ4n) is 2.48. The molecule has 0 aromatic carbocycles. The summed E-state index contributed by atoms with van der Waals surface area (Å²) in [6.07, 6.45) is 8.95. The molecule has 0 heterocycles. The fraction of sp³-hybridized carbons (Fsp3) is 0.733. The minimum atomic E-state index is -0.801. The Bertz CT molecular complexity index is 352. The summed E-state index contributed by atoms with van der Waals surface area (Å²) in [5, 5.41) is 17.4. The van der Waals surface area contributed by atoms with Gasteiger partial charge in [-0.05, 0) is 45.1 Å². The molecule has 5 heteroatoms. The van der Waals surface area contributed by atoms with Crippen LogP contribution in [0.15, 0.2) is 11.6 Å². The van der Waals surface area contributed by atoms with E-state index in [1.807, 2.05) is 0 Å². The largest absolute Gasteiger partial charge is 0.481 e. The highest BCUT2D eigenvalue weighted by molar-refractivity contribution is 5.67. The van der Waals surface area contributed by atoms with Gasteiger partial charge in [0.25, 0.3) is 0 Å². The summed E-state index contributed by atoms with van der Waals surface area (Å²) in [7, 11) is 0. The molecule has 1 aliphatic carbocycles. The first-order chi connectivity index (χ1) is 9.58. The maximum Gasteiger partial charge on any atom is 0.304 e. The van der Waals surface area contributed by atoms with E-state index in [9.17, 15) is 9.59 Å². The molecule has 0 bridgehead atoms. The minimum absolute atomic E-state index is 0.117. The van der Waals surface area contributed by atoms with Gasteiger partial charge in [0.05, 0.1) is 6.42 Å². The summed E-state index contributed by atoms with van der Waals surface area (Å²) in [6, 6.07) is 0. The molecule has 2 N–H and O–H groups in total. The van der Waals surface area contributed by atoms with Crippen LogP contribution < -0.4 is 0 Å². The second kappa shape index (κ2) is 9.53. The molecule has 0 amide bonds. The molecule has 0 aliphatic heterocycles. The van der Waals surface area contributed by atoms with Gasteiger partial charge < -0.3 is 15.1 Å². The molecule has 20 heavy (non-hydrogen) atoms. The lowest BCUT2D eigenvalue weighted by atomic mass is 9.97. The lowest BCUT2D eigenvalue weighted by Crippen LogP contribution is -2.29. The van der Waals surface area contributed by atoms with E-state index in [4.69, 9.17) is 10.2 Å². The van der Waals surface area contributed by atoms with Gasteiger partial charge in [0.2, 0.25) is 0 Å². The quantitative estimate of drug-likeness (QED) is 0.602. The van der Waals surface area contributed by atoms with Crippen molar-refractivity contribution in [3.8, 4) is 0 Å². The van der Waals surface area contributed by atoms with Crippen molar-refractivity contribution in [2.45, 2.75) is 51.4 Å². The summed E-state index contributed by atoms with van der Waals surface area (Å²) < 4.78 is 0. The van der Waals surface area contributed by atoms with Crippen molar-refractivity contribution >= 4 is 11.9 Å². The first kappa shape index (κ1) is 16.7. The molecular formula is C15H25NO4. The molecule has 0 aromatic heterocycles. The van der Waals surface area contributed by atoms with Crippen LogP contribution in [0.5, 0.6) is 0 Å². The number of hydrogen-bond donors (Lipinski definition) is 2. The Labute approximate surface area is 120 Å². The maximum absolute atomic E-state index is 10.7. The Kier molecular flexibility index (Phi) is 7.95. The van der Waals surface area contributed by atoms with Crippen LogP contribution in [0.25, 0.3) is 0 Å². The monoisotopic (exact) mass is 283 g/mol. The van der Waals surface area contributed by atoms with Crippen molar-refractivity contribution in [3.05, 3.63) is 11.6 Å². The highest BCUT2D eigenvalue weighted by Crippen LogP contribution is 2.20. The smallest absolute Gasteiger partial charge is 0.304 e. The molecule has 0 fully saturated rings. The number of nitrogens with zero attached hydrogens (tertiary/aromatic N) is 1. The van der Waals surface area contributed by atoms with Gasteiger partial charge in [-0.25, -0.2) is 0 Å². The molecule has 0 atom stereocenters. The minimum Gasteiger partial charge on any atom is -0.481 e. The topological polar surface area (TPSA) is 77.8 Å². The third-order valence-corrected chi connectivity index (χ3v) is 3.64. The highest BCUT2D eigenvalue weighted by Gasteiger charge is 2.10. The Morgan fingerprint density at radius 1 is 1.05 bits per heavy atom. The molecule has 114 valence electrons. The lowest BCUT2D eigenvalue weighted by Gasteiger charge is -2.23. The zero-order valence-electron chi connectivity index (χ0n) is 12.0. The molecular weight excluding hydrogens is 258 g/mol. The predicted octanol–water partition coefficient (Wildman–Crippen LogP) is 2.52. The Morgan fingerprint density at radius 3 is 2.40 bits per heavy atom. The van der Waals surface area contributed by atoms with Gasteiger partial charge in [0.15, 0.2) is 0 Å². The first-order valence-electron chi connectivity index (χ1n) is 7.42. The molecule has 0 saturated carbocycles. The maximum atomic E-state index is 10.7. The van der Waals surface area contributed by atoms with E-state index in [0.717, 1.165) is 25.8 Å². The number of allylic oxidation sites excluding steroid dienone is 1. The van der Waals surface area contributed by atoms with Gasteiger partial charge in [-0.1, -0.05) is 11.6 Å². The van der Waals surface area contributed by atoms with Crippen LogP contribution in [0.2, 0.25) is 0 Å². The van der Waals surface area contributed by atoms with Crippen LogP contribution >= 0.6 is 0 Å². The first-order valence-corrected chi connectivity index (χ1v) is 7.42. The second-order valence-corrected chi connectivity index (χ2v) is 5.34. The van der Waals surface area contributed by atoms with E-state index in [1.54, 1.807) is 0 Å². The fourth-order valence-corrected chi connectivity index (χ4v) is 2.48. The van der Waals surface area contributed by atoms with Crippen LogP contribution in [0.1, 0.15) is 51.4 Å². The molecule has 0 saturated heterocycles. The lowest BCUT2D eigenvalue weighted by molar-refractivity contribution is -0.138. The average molecular weight is 283 g/mol. The standard InChI is InChI=1S/C15H25NO4/c17-14(18)7-4-10-16(12-9-15(19)20)11-8-13-5-2-1-3-6-13/h5H,1-4,6-12H2,(H,17,18)(H,19,20). The zero-order valence-corrected chi connectivity index (χ0v) is 12.0. The van der Waals surface area contributed by atoms with Crippen LogP contribution in [0, 0.1) is 0 Å². The number of rotatable bonds is 10. The van der Waals surface area contributed by atoms with Gasteiger partial charge in [-0.3, -0.25) is 9.59 Å². The molecule has 0 spiro atoms. The van der Waals surface area contributed by atoms with Gasteiger partial charge in [-0.15, -0.1) is 0 Å². The third kappa shape index (κ3) is 7.94. The van der Waals surface area contributed by atoms with E-state index in [-0.39, 0.29) is 12.8 Å². The van der Waals surface area contributed by atoms with E-state index >= 15 is 0 Å². The Balaban J connectivity index is 2.33. The Hall–Kier alpha value is -1.36. The molecule has 0 radical (unpaired) electrons. The number of carboxylic acids is 2. The number of carboxylic acid groups (broad SMARTS) is 2. The molecule has 0 aromatic rings. The normalized spacial score (nSPS) is 15.2. The van der Waals surface area contributed by atoms with Gasteiger partial charge in [0, 0.05) is 19.5 Å². The molecule has 1 aliphatic rings. The van der Waals surface area contributed by atoms with Crippen LogP contribution in [0.3, 0.4) is 0 Å². The highest BCUT2D eigenvalue weighted by atomic mass is 16.4. The second-order valence-electron chi connectivity index (χ2n) is 5.34. The van der Waals surface area contributed by atoms with Crippen LogP contribution in [-0.4, -0.2) is 46.7 Å². The average Bonchev–Trinajstić information content (AvgIpc) is 2.42. The summed E-state index contributed by atoms with van der Waals surface area (Å²) in [5.41, 5.74) is 1.47. The van der Waals surface area contributed by atoms with Crippen molar-refractivity contribution in [2.75, 3.05) is 19.6 Å². The summed E-state index contributed by atoms with van der Waals surface area (Å²) in [4.78, 5) is 23.3. The van der Waals surface area contributed by atoms with Crippen LogP contribution in [-0.2, 0) is 9.59 Å². The molecule has 1 rings (SSSR count). The van der Waals surface area contributed by atoms with E-state index in [0.29, 0.717) is 19.5 Å². The zero-order chi connectivity index (χ0) is 14.8. The van der Waals surface area contributed by atoms with E-state index in [1.165, 1.54) is 18.4 Å². The van der Waals surface area contributed by atoms with Gasteiger partial charge >= 0.3 is 11.9 Å².